The van der Waals surface area contributed by atoms with Crippen LogP contribution in [0.1, 0.15) is 17.5 Å². The average Bonchev–Trinajstić information content (AvgIpc) is 3.17. The van der Waals surface area contributed by atoms with E-state index in [1.165, 1.54) is 17.5 Å². The van der Waals surface area contributed by atoms with Gasteiger partial charge in [-0.1, -0.05) is 60.7 Å². The molecule has 0 saturated carbocycles. The minimum atomic E-state index is 0.547. The number of hydrogen-bond acceptors (Lipinski definition) is 2. The Morgan fingerprint density at radius 3 is 2.11 bits per heavy atom. The van der Waals surface area contributed by atoms with Crippen LogP contribution in [0.25, 0.3) is 0 Å². The molecule has 2 unspecified atom stereocenters. The zero-order valence-electron chi connectivity index (χ0n) is 10.4. The lowest BCUT2D eigenvalue weighted by atomic mass is 10.1. The highest BCUT2D eigenvalue weighted by molar-refractivity contribution is 5.16. The van der Waals surface area contributed by atoms with Crippen LogP contribution in [0.5, 0.6) is 0 Å². The van der Waals surface area contributed by atoms with Crippen LogP contribution in [0.3, 0.4) is 0 Å². The third-order valence-electron chi connectivity index (χ3n) is 3.37. The molecule has 0 aromatic heterocycles. The van der Waals surface area contributed by atoms with Crippen LogP contribution in [0.2, 0.25) is 0 Å². The number of nitrogens with one attached hydrogen (secondary N) is 1. The maximum Gasteiger partial charge on any atom is 0.0870 e. The summed E-state index contributed by atoms with van der Waals surface area (Å²) in [5.41, 5.74) is 6.21. The molecule has 0 amide bonds. The second-order valence-electron chi connectivity index (χ2n) is 4.78. The second kappa shape index (κ2) is 5.34. The normalized spacial score (nSPS) is 21.8. The first kappa shape index (κ1) is 11.5. The molecule has 2 heteroatoms. The molecule has 0 spiro atoms. The van der Waals surface area contributed by atoms with Crippen molar-refractivity contribution in [1.82, 2.24) is 10.4 Å². The van der Waals surface area contributed by atoms with Crippen molar-refractivity contribution < 1.29 is 0 Å². The lowest BCUT2D eigenvalue weighted by Gasteiger charge is -2.02. The predicted octanol–water partition coefficient (Wildman–Crippen LogP) is 2.97. The Morgan fingerprint density at radius 1 is 0.833 bits per heavy atom. The van der Waals surface area contributed by atoms with Crippen LogP contribution < -0.4 is 5.43 Å². The highest BCUT2D eigenvalue weighted by Crippen LogP contribution is 2.19. The molecule has 2 aromatic rings. The highest BCUT2D eigenvalue weighted by Gasteiger charge is 2.32. The van der Waals surface area contributed by atoms with Crippen molar-refractivity contribution >= 4 is 0 Å². The Bertz CT molecular complexity index is 481. The van der Waals surface area contributed by atoms with E-state index in [9.17, 15) is 0 Å². The van der Waals surface area contributed by atoms with Crippen molar-refractivity contribution in [3.8, 4) is 0 Å². The molecule has 1 saturated heterocycles. The summed E-state index contributed by atoms with van der Waals surface area (Å²) in [5, 5.41) is 2.30. The van der Waals surface area contributed by atoms with E-state index in [-0.39, 0.29) is 0 Å². The molecular weight excluding hydrogens is 220 g/mol. The first-order valence-electron chi connectivity index (χ1n) is 6.52. The van der Waals surface area contributed by atoms with E-state index in [0.29, 0.717) is 6.17 Å². The molecule has 2 aromatic carbocycles. The van der Waals surface area contributed by atoms with E-state index in [0.717, 1.165) is 13.0 Å². The van der Waals surface area contributed by atoms with Crippen LogP contribution in [-0.2, 0) is 13.0 Å². The smallest absolute Gasteiger partial charge is 0.0870 e. The molecule has 2 atom stereocenters. The van der Waals surface area contributed by atoms with Crippen molar-refractivity contribution in [3.63, 3.8) is 0 Å². The van der Waals surface area contributed by atoms with Crippen molar-refractivity contribution in [2.45, 2.75) is 25.6 Å². The fraction of sp³-hybridized carbons (Fsp3) is 0.250. The predicted molar refractivity (Wildman–Crippen MR) is 73.7 cm³/mol. The molecule has 18 heavy (non-hydrogen) atoms. The van der Waals surface area contributed by atoms with Gasteiger partial charge in [-0.15, -0.1) is 0 Å². The molecule has 1 N–H and O–H groups in total. The van der Waals surface area contributed by atoms with Gasteiger partial charge in [-0.05, 0) is 24.0 Å². The van der Waals surface area contributed by atoms with Gasteiger partial charge in [-0.25, -0.2) is 10.4 Å². The van der Waals surface area contributed by atoms with E-state index >= 15 is 0 Å². The molecule has 0 radical (unpaired) electrons. The topological polar surface area (TPSA) is 25.0 Å². The Hall–Kier alpha value is -1.64. The first-order valence-corrected chi connectivity index (χ1v) is 6.52. The van der Waals surface area contributed by atoms with Gasteiger partial charge in [0.05, 0.1) is 6.17 Å². The molecular formula is C16H18N2. The van der Waals surface area contributed by atoms with Crippen molar-refractivity contribution in [1.29, 1.82) is 0 Å². The van der Waals surface area contributed by atoms with Crippen LogP contribution in [0, 0.1) is 0 Å². The number of hydrazine groups is 1. The molecule has 0 bridgehead atoms. The lowest BCUT2D eigenvalue weighted by molar-refractivity contribution is 0.465. The van der Waals surface area contributed by atoms with Crippen molar-refractivity contribution in [3.05, 3.63) is 71.8 Å². The van der Waals surface area contributed by atoms with Gasteiger partial charge in [0.15, 0.2) is 0 Å². The standard InChI is InChI=1S/C16H18N2/c1-3-7-14(8-4-1)11-12-16-17-18(16)13-15-9-5-2-6-10-15/h1-10,16-17H,11-13H2. The van der Waals surface area contributed by atoms with Gasteiger partial charge >= 0.3 is 0 Å². The second-order valence-corrected chi connectivity index (χ2v) is 4.78. The summed E-state index contributed by atoms with van der Waals surface area (Å²) in [6.07, 6.45) is 2.87. The van der Waals surface area contributed by atoms with Crippen molar-refractivity contribution in [2.24, 2.45) is 0 Å². The molecule has 1 fully saturated rings. The van der Waals surface area contributed by atoms with E-state index in [4.69, 9.17) is 0 Å². The molecule has 1 heterocycles. The maximum atomic E-state index is 3.42. The summed E-state index contributed by atoms with van der Waals surface area (Å²) in [6, 6.07) is 21.3. The van der Waals surface area contributed by atoms with E-state index in [1.54, 1.807) is 0 Å². The monoisotopic (exact) mass is 238 g/mol. The number of aryl methyl sites for hydroxylation is 1. The zero-order valence-corrected chi connectivity index (χ0v) is 10.4. The zero-order chi connectivity index (χ0) is 12.2. The minimum absolute atomic E-state index is 0.547. The summed E-state index contributed by atoms with van der Waals surface area (Å²) in [6.45, 7) is 1.00. The third-order valence-corrected chi connectivity index (χ3v) is 3.37. The van der Waals surface area contributed by atoms with Crippen LogP contribution in [0.15, 0.2) is 60.7 Å². The van der Waals surface area contributed by atoms with Crippen LogP contribution in [0.4, 0.5) is 0 Å². The van der Waals surface area contributed by atoms with Gasteiger partial charge in [0.25, 0.3) is 0 Å². The molecule has 3 rings (SSSR count). The van der Waals surface area contributed by atoms with E-state index in [1.807, 2.05) is 0 Å². The van der Waals surface area contributed by atoms with Gasteiger partial charge < -0.3 is 0 Å². The summed E-state index contributed by atoms with van der Waals surface area (Å²) in [4.78, 5) is 0. The van der Waals surface area contributed by atoms with Gasteiger partial charge in [0.2, 0.25) is 0 Å². The van der Waals surface area contributed by atoms with Gasteiger partial charge in [0, 0.05) is 6.54 Å². The SMILES string of the molecule is c1ccc(CCC2NN2Cc2ccccc2)cc1. The summed E-state index contributed by atoms with van der Waals surface area (Å²) < 4.78 is 0. The van der Waals surface area contributed by atoms with E-state index in [2.05, 4.69) is 71.1 Å². The van der Waals surface area contributed by atoms with Gasteiger partial charge in [-0.3, -0.25) is 0 Å². The quantitative estimate of drug-likeness (QED) is 0.810. The Balaban J connectivity index is 1.45. The van der Waals surface area contributed by atoms with Gasteiger partial charge in [0.1, 0.15) is 0 Å². The third kappa shape index (κ3) is 2.97. The lowest BCUT2D eigenvalue weighted by Crippen LogP contribution is -2.03. The Labute approximate surface area is 108 Å². The largest absolute Gasteiger partial charge is 0.235 e. The number of nitrogens with zero attached hydrogens (tertiary/aromatic N) is 1. The van der Waals surface area contributed by atoms with Crippen LogP contribution >= 0.6 is 0 Å². The summed E-state index contributed by atoms with van der Waals surface area (Å²) >= 11 is 0. The van der Waals surface area contributed by atoms with Gasteiger partial charge in [-0.2, -0.15) is 0 Å². The Morgan fingerprint density at radius 2 is 1.44 bits per heavy atom. The average molecular weight is 238 g/mol. The minimum Gasteiger partial charge on any atom is -0.235 e. The first-order chi connectivity index (χ1) is 8.92. The van der Waals surface area contributed by atoms with Crippen LogP contribution in [-0.4, -0.2) is 11.2 Å². The molecule has 2 nitrogen and oxygen atoms in total. The number of hydrogen-bond donors (Lipinski definition) is 1. The molecule has 1 aliphatic rings. The van der Waals surface area contributed by atoms with E-state index < -0.39 is 0 Å². The maximum absolute atomic E-state index is 3.42. The molecule has 0 aliphatic carbocycles. The Kier molecular flexibility index (Phi) is 3.40. The van der Waals surface area contributed by atoms with Crippen molar-refractivity contribution in [2.75, 3.05) is 0 Å². The highest BCUT2D eigenvalue weighted by atomic mass is 15.7. The summed E-state index contributed by atoms with van der Waals surface area (Å²) in [5.74, 6) is 0. The molecule has 92 valence electrons. The fourth-order valence-electron chi connectivity index (χ4n) is 2.26. The fourth-order valence-corrected chi connectivity index (χ4v) is 2.26. The molecule has 1 aliphatic heterocycles. The number of benzene rings is 2. The number of rotatable bonds is 5. The summed E-state index contributed by atoms with van der Waals surface area (Å²) in [7, 11) is 0.